The van der Waals surface area contributed by atoms with Crippen LogP contribution in [0.3, 0.4) is 0 Å². The van der Waals surface area contributed by atoms with Gasteiger partial charge in [0.05, 0.1) is 10.3 Å². The van der Waals surface area contributed by atoms with E-state index in [0.29, 0.717) is 16.6 Å². The number of hydrogen-bond acceptors (Lipinski definition) is 3. The quantitative estimate of drug-likeness (QED) is 0.629. The Bertz CT molecular complexity index is 519. The van der Waals surface area contributed by atoms with E-state index in [1.807, 2.05) is 6.92 Å². The number of amides is 1. The summed E-state index contributed by atoms with van der Waals surface area (Å²) in [6.07, 6.45) is 9.93. The molecule has 1 atom stereocenters. The maximum absolute atomic E-state index is 12.1. The van der Waals surface area contributed by atoms with Gasteiger partial charge in [0.2, 0.25) is 5.91 Å². The van der Waals surface area contributed by atoms with Crippen LogP contribution in [-0.2, 0) is 4.79 Å². The van der Waals surface area contributed by atoms with Crippen LogP contribution in [0.2, 0.25) is 5.02 Å². The number of nitrogens with zero attached hydrogens (tertiary/aromatic N) is 1. The zero-order chi connectivity index (χ0) is 15.1. The van der Waals surface area contributed by atoms with Gasteiger partial charge in [-0.1, -0.05) is 35.0 Å². The third-order valence-corrected chi connectivity index (χ3v) is 5.05. The first-order chi connectivity index (χ1) is 10.2. The number of halogens is 1. The van der Waals surface area contributed by atoms with Gasteiger partial charge in [0.15, 0.2) is 0 Å². The molecule has 0 saturated heterocycles. The summed E-state index contributed by atoms with van der Waals surface area (Å²) in [5.74, 6) is 0.0399. The summed E-state index contributed by atoms with van der Waals surface area (Å²) in [6, 6.07) is 3.58. The second-order valence-corrected chi connectivity index (χ2v) is 6.94. The van der Waals surface area contributed by atoms with E-state index in [1.54, 1.807) is 18.3 Å². The Kier molecular flexibility index (Phi) is 6.58. The van der Waals surface area contributed by atoms with Crippen LogP contribution in [0.25, 0.3) is 0 Å². The van der Waals surface area contributed by atoms with Crippen molar-refractivity contribution >= 4 is 29.3 Å². The lowest BCUT2D eigenvalue weighted by molar-refractivity contribution is -0.120. The molecule has 0 saturated carbocycles. The summed E-state index contributed by atoms with van der Waals surface area (Å²) in [4.78, 5) is 16.3. The molecule has 1 heterocycles. The molecule has 0 spiro atoms. The van der Waals surface area contributed by atoms with Crippen molar-refractivity contribution in [2.75, 3.05) is 6.54 Å². The van der Waals surface area contributed by atoms with Crippen molar-refractivity contribution in [2.45, 2.75) is 49.3 Å². The van der Waals surface area contributed by atoms with Gasteiger partial charge >= 0.3 is 0 Å². The molecule has 3 nitrogen and oxygen atoms in total. The van der Waals surface area contributed by atoms with Gasteiger partial charge in [-0.25, -0.2) is 4.98 Å². The normalized spacial score (nSPS) is 16.2. The molecular weight excluding hydrogens is 304 g/mol. The highest BCUT2D eigenvalue weighted by atomic mass is 35.5. The number of aromatic nitrogens is 1. The van der Waals surface area contributed by atoms with Crippen LogP contribution < -0.4 is 5.32 Å². The minimum atomic E-state index is -0.197. The van der Waals surface area contributed by atoms with E-state index in [9.17, 15) is 4.79 Å². The minimum Gasteiger partial charge on any atom is -0.355 e. The van der Waals surface area contributed by atoms with Crippen LogP contribution in [0, 0.1) is 0 Å². The van der Waals surface area contributed by atoms with Crippen molar-refractivity contribution in [3.63, 3.8) is 0 Å². The maximum Gasteiger partial charge on any atom is 0.233 e. The van der Waals surface area contributed by atoms with Gasteiger partial charge in [0.1, 0.15) is 5.03 Å². The SMILES string of the molecule is CC(Sc1ncccc1Cl)C(=O)NCCC1=CCCCC1. The molecule has 1 aliphatic rings. The van der Waals surface area contributed by atoms with Crippen molar-refractivity contribution in [1.82, 2.24) is 10.3 Å². The number of rotatable bonds is 6. The highest BCUT2D eigenvalue weighted by molar-refractivity contribution is 8.00. The molecule has 1 aliphatic carbocycles. The molecule has 0 aliphatic heterocycles. The summed E-state index contributed by atoms with van der Waals surface area (Å²) >= 11 is 7.45. The number of thioether (sulfide) groups is 1. The third-order valence-electron chi connectivity index (χ3n) is 3.51. The first-order valence-electron chi connectivity index (χ1n) is 7.39. The molecule has 5 heteroatoms. The smallest absolute Gasteiger partial charge is 0.233 e. The number of nitrogens with one attached hydrogen (secondary N) is 1. The lowest BCUT2D eigenvalue weighted by Gasteiger charge is -2.15. The number of pyridine rings is 1. The molecule has 0 bridgehead atoms. The fourth-order valence-corrected chi connectivity index (χ4v) is 3.38. The monoisotopic (exact) mass is 324 g/mol. The molecule has 114 valence electrons. The molecular formula is C16H21ClN2OS. The van der Waals surface area contributed by atoms with E-state index in [0.717, 1.165) is 6.42 Å². The highest BCUT2D eigenvalue weighted by Gasteiger charge is 2.16. The largest absolute Gasteiger partial charge is 0.355 e. The fourth-order valence-electron chi connectivity index (χ4n) is 2.30. The molecule has 0 radical (unpaired) electrons. The Hall–Kier alpha value is -1.00. The van der Waals surface area contributed by atoms with Crippen LogP contribution in [0.1, 0.15) is 39.0 Å². The summed E-state index contributed by atoms with van der Waals surface area (Å²) in [5.41, 5.74) is 1.48. The van der Waals surface area contributed by atoms with Crippen molar-refractivity contribution in [3.05, 3.63) is 35.0 Å². The number of allylic oxidation sites excluding steroid dienone is 1. The summed E-state index contributed by atoms with van der Waals surface area (Å²) < 4.78 is 0. The van der Waals surface area contributed by atoms with Gasteiger partial charge in [-0.15, -0.1) is 0 Å². The Balaban J connectivity index is 1.75. The van der Waals surface area contributed by atoms with Gasteiger partial charge < -0.3 is 5.32 Å². The highest BCUT2D eigenvalue weighted by Crippen LogP contribution is 2.27. The first kappa shape index (κ1) is 16.4. The fraction of sp³-hybridized carbons (Fsp3) is 0.500. The summed E-state index contributed by atoms with van der Waals surface area (Å²) in [6.45, 7) is 2.59. The van der Waals surface area contributed by atoms with Crippen LogP contribution in [0.4, 0.5) is 0 Å². The predicted molar refractivity (Wildman–Crippen MR) is 88.7 cm³/mol. The summed E-state index contributed by atoms with van der Waals surface area (Å²) in [7, 11) is 0. The Labute approximate surface area is 135 Å². The van der Waals surface area contributed by atoms with Gasteiger partial charge in [0, 0.05) is 12.7 Å². The van der Waals surface area contributed by atoms with Crippen LogP contribution in [0.5, 0.6) is 0 Å². The van der Waals surface area contributed by atoms with E-state index in [-0.39, 0.29) is 11.2 Å². The van der Waals surface area contributed by atoms with Gasteiger partial charge in [-0.2, -0.15) is 0 Å². The van der Waals surface area contributed by atoms with Crippen molar-refractivity contribution in [1.29, 1.82) is 0 Å². The van der Waals surface area contributed by atoms with Crippen molar-refractivity contribution < 1.29 is 4.79 Å². The van der Waals surface area contributed by atoms with E-state index in [1.165, 1.54) is 43.0 Å². The molecule has 1 aromatic heterocycles. The van der Waals surface area contributed by atoms with E-state index < -0.39 is 0 Å². The minimum absolute atomic E-state index is 0.0399. The standard InChI is InChI=1S/C16H21ClN2OS/c1-12(21-16-14(17)8-5-10-19-16)15(20)18-11-9-13-6-3-2-4-7-13/h5-6,8,10,12H,2-4,7,9,11H2,1H3,(H,18,20). The van der Waals surface area contributed by atoms with Gasteiger partial charge in [-0.05, 0) is 51.2 Å². The van der Waals surface area contributed by atoms with Gasteiger partial charge in [-0.3, -0.25) is 4.79 Å². The van der Waals surface area contributed by atoms with E-state index >= 15 is 0 Å². The second kappa shape index (κ2) is 8.44. The van der Waals surface area contributed by atoms with E-state index in [4.69, 9.17) is 11.6 Å². The molecule has 2 rings (SSSR count). The number of hydrogen-bond donors (Lipinski definition) is 1. The van der Waals surface area contributed by atoms with Gasteiger partial charge in [0.25, 0.3) is 0 Å². The Morgan fingerprint density at radius 1 is 1.52 bits per heavy atom. The second-order valence-electron chi connectivity index (χ2n) is 5.20. The lowest BCUT2D eigenvalue weighted by Crippen LogP contribution is -2.32. The summed E-state index contributed by atoms with van der Waals surface area (Å²) in [5, 5.41) is 4.10. The lowest BCUT2D eigenvalue weighted by atomic mass is 9.97. The average Bonchev–Trinajstić information content (AvgIpc) is 2.50. The molecule has 1 amide bonds. The van der Waals surface area contributed by atoms with Crippen LogP contribution in [-0.4, -0.2) is 22.7 Å². The molecule has 0 aromatic carbocycles. The van der Waals surface area contributed by atoms with Crippen LogP contribution in [0.15, 0.2) is 35.0 Å². The number of carbonyl (C=O) groups excluding carboxylic acids is 1. The first-order valence-corrected chi connectivity index (χ1v) is 8.65. The molecule has 1 aromatic rings. The maximum atomic E-state index is 12.1. The molecule has 1 N–H and O–H groups in total. The predicted octanol–water partition coefficient (Wildman–Crippen LogP) is 4.22. The van der Waals surface area contributed by atoms with Crippen molar-refractivity contribution in [2.24, 2.45) is 0 Å². The van der Waals surface area contributed by atoms with E-state index in [2.05, 4.69) is 16.4 Å². The Morgan fingerprint density at radius 2 is 2.38 bits per heavy atom. The zero-order valence-electron chi connectivity index (χ0n) is 12.3. The zero-order valence-corrected chi connectivity index (χ0v) is 13.8. The third kappa shape index (κ3) is 5.36. The van der Waals surface area contributed by atoms with Crippen LogP contribution >= 0.6 is 23.4 Å². The molecule has 0 fully saturated rings. The number of carbonyl (C=O) groups is 1. The molecule has 21 heavy (non-hydrogen) atoms. The average molecular weight is 325 g/mol. The topological polar surface area (TPSA) is 42.0 Å². The van der Waals surface area contributed by atoms with Crippen molar-refractivity contribution in [3.8, 4) is 0 Å². The molecule has 1 unspecified atom stereocenters. The Morgan fingerprint density at radius 3 is 3.10 bits per heavy atom.